The number of halogens is 3. The van der Waals surface area contributed by atoms with E-state index in [1.807, 2.05) is 12.1 Å². The van der Waals surface area contributed by atoms with E-state index in [4.69, 9.17) is 11.6 Å². The van der Waals surface area contributed by atoms with Crippen molar-refractivity contribution in [2.75, 3.05) is 11.9 Å². The summed E-state index contributed by atoms with van der Waals surface area (Å²) in [5.74, 6) is -3.10. The number of anilines is 1. The topological polar surface area (TPSA) is 58.2 Å². The minimum Gasteiger partial charge on any atom is -0.356 e. The Morgan fingerprint density at radius 1 is 1.04 bits per heavy atom. The molecule has 2 unspecified atom stereocenters. The van der Waals surface area contributed by atoms with Crippen LogP contribution in [0.2, 0.25) is 5.02 Å². The summed E-state index contributed by atoms with van der Waals surface area (Å²) in [6.07, 6.45) is 1.08. The van der Waals surface area contributed by atoms with E-state index in [-0.39, 0.29) is 11.6 Å². The van der Waals surface area contributed by atoms with Crippen molar-refractivity contribution in [3.63, 3.8) is 0 Å². The second-order valence-electron chi connectivity index (χ2n) is 6.23. The molecule has 0 aliphatic heterocycles. The summed E-state index contributed by atoms with van der Waals surface area (Å²) in [5.41, 5.74) is 0.955. The van der Waals surface area contributed by atoms with Crippen LogP contribution in [0.1, 0.15) is 12.0 Å². The monoisotopic (exact) mass is 378 g/mol. The van der Waals surface area contributed by atoms with Crippen LogP contribution in [0, 0.1) is 23.5 Å². The molecule has 136 valence electrons. The molecule has 1 saturated carbocycles. The molecule has 2 aromatic carbocycles. The Morgan fingerprint density at radius 3 is 2.42 bits per heavy atom. The molecule has 2 aromatic rings. The van der Waals surface area contributed by atoms with Gasteiger partial charge in [0, 0.05) is 17.6 Å². The zero-order chi connectivity index (χ0) is 18.7. The van der Waals surface area contributed by atoms with Crippen LogP contribution in [-0.4, -0.2) is 18.4 Å². The Kier molecular flexibility index (Phi) is 5.52. The lowest BCUT2D eigenvalue weighted by Gasteiger charge is -2.07. The highest BCUT2D eigenvalue weighted by atomic mass is 35.5. The average Bonchev–Trinajstić information content (AvgIpc) is 3.40. The van der Waals surface area contributed by atoms with Gasteiger partial charge >= 0.3 is 0 Å². The smallest absolute Gasteiger partial charge is 0.228 e. The first kappa shape index (κ1) is 18.3. The fourth-order valence-electron chi connectivity index (χ4n) is 2.70. The van der Waals surface area contributed by atoms with Gasteiger partial charge in [-0.05, 0) is 42.7 Å². The van der Waals surface area contributed by atoms with Crippen molar-refractivity contribution in [2.45, 2.75) is 12.8 Å². The molecule has 1 aliphatic rings. The molecule has 26 heavy (non-hydrogen) atoms. The molecular weight excluding hydrogens is 362 g/mol. The van der Waals surface area contributed by atoms with Gasteiger partial charge in [0.1, 0.15) is 11.6 Å². The summed E-state index contributed by atoms with van der Waals surface area (Å²) < 4.78 is 26.4. The van der Waals surface area contributed by atoms with E-state index in [2.05, 4.69) is 10.6 Å². The van der Waals surface area contributed by atoms with Gasteiger partial charge in [0.25, 0.3) is 0 Å². The maximum absolute atomic E-state index is 13.6. The minimum atomic E-state index is -0.844. The standard InChI is InChI=1S/C19H17ClF2N2O2/c20-12-3-1-11(2-4-12)7-8-23-18(25)14-10-15(14)19(26)24-17-6-5-13(21)9-16(17)22/h1-6,9,14-15H,7-8,10H2,(H,23,25)(H,24,26). The Bertz CT molecular complexity index is 827. The molecule has 1 aliphatic carbocycles. The Labute approximate surface area is 154 Å². The van der Waals surface area contributed by atoms with E-state index in [0.29, 0.717) is 30.5 Å². The van der Waals surface area contributed by atoms with Crippen molar-refractivity contribution in [2.24, 2.45) is 11.8 Å². The molecule has 2 N–H and O–H groups in total. The maximum atomic E-state index is 13.6. The number of amides is 2. The number of carbonyl (C=O) groups excluding carboxylic acids is 2. The molecule has 3 rings (SSSR count). The van der Waals surface area contributed by atoms with Crippen LogP contribution < -0.4 is 10.6 Å². The van der Waals surface area contributed by atoms with Gasteiger partial charge in [-0.15, -0.1) is 0 Å². The highest BCUT2D eigenvalue weighted by Gasteiger charge is 2.48. The Morgan fingerprint density at radius 2 is 1.73 bits per heavy atom. The number of hydrogen-bond donors (Lipinski definition) is 2. The van der Waals surface area contributed by atoms with Crippen LogP contribution >= 0.6 is 11.6 Å². The van der Waals surface area contributed by atoms with Crippen LogP contribution in [0.25, 0.3) is 0 Å². The summed E-state index contributed by atoms with van der Waals surface area (Å²) >= 11 is 5.82. The molecule has 0 spiro atoms. The van der Waals surface area contributed by atoms with Gasteiger partial charge in [0.2, 0.25) is 11.8 Å². The molecule has 0 aromatic heterocycles. The molecule has 2 amide bonds. The van der Waals surface area contributed by atoms with Gasteiger partial charge in [-0.1, -0.05) is 23.7 Å². The summed E-state index contributed by atoms with van der Waals surface area (Å²) in [5, 5.41) is 5.85. The summed E-state index contributed by atoms with van der Waals surface area (Å²) in [6, 6.07) is 10.3. The molecule has 0 radical (unpaired) electrons. The predicted molar refractivity (Wildman–Crippen MR) is 94.8 cm³/mol. The van der Waals surface area contributed by atoms with Crippen molar-refractivity contribution >= 4 is 29.1 Å². The molecule has 1 fully saturated rings. The molecular formula is C19H17ClF2N2O2. The van der Waals surface area contributed by atoms with Crippen molar-refractivity contribution in [3.05, 3.63) is 64.7 Å². The highest BCUT2D eigenvalue weighted by Crippen LogP contribution is 2.39. The van der Waals surface area contributed by atoms with E-state index in [1.54, 1.807) is 12.1 Å². The molecule has 7 heteroatoms. The number of hydrogen-bond acceptors (Lipinski definition) is 2. The maximum Gasteiger partial charge on any atom is 0.228 e. The first-order valence-electron chi connectivity index (χ1n) is 8.22. The van der Waals surface area contributed by atoms with Gasteiger partial charge in [-0.3, -0.25) is 9.59 Å². The van der Waals surface area contributed by atoms with Crippen LogP contribution in [0.5, 0.6) is 0 Å². The molecule has 4 nitrogen and oxygen atoms in total. The summed E-state index contributed by atoms with van der Waals surface area (Å²) in [6.45, 7) is 0.456. The number of benzene rings is 2. The number of rotatable bonds is 6. The van der Waals surface area contributed by atoms with Crippen LogP contribution in [0.4, 0.5) is 14.5 Å². The lowest BCUT2D eigenvalue weighted by molar-refractivity contribution is -0.125. The van der Waals surface area contributed by atoms with Gasteiger partial charge in [0.15, 0.2) is 0 Å². The normalized spacial score (nSPS) is 18.3. The third-order valence-corrected chi connectivity index (χ3v) is 4.53. The zero-order valence-corrected chi connectivity index (χ0v) is 14.5. The molecule has 0 saturated heterocycles. The molecule has 0 heterocycles. The molecule has 2 atom stereocenters. The van der Waals surface area contributed by atoms with E-state index < -0.39 is 29.4 Å². The lowest BCUT2D eigenvalue weighted by Crippen LogP contribution is -2.29. The summed E-state index contributed by atoms with van der Waals surface area (Å²) in [4.78, 5) is 24.2. The molecule has 0 bridgehead atoms. The van der Waals surface area contributed by atoms with Crippen LogP contribution in [-0.2, 0) is 16.0 Å². The quantitative estimate of drug-likeness (QED) is 0.807. The van der Waals surface area contributed by atoms with E-state index in [9.17, 15) is 18.4 Å². The van der Waals surface area contributed by atoms with Gasteiger partial charge in [0.05, 0.1) is 17.5 Å². The van der Waals surface area contributed by atoms with Crippen molar-refractivity contribution < 1.29 is 18.4 Å². The average molecular weight is 379 g/mol. The van der Waals surface area contributed by atoms with Crippen molar-refractivity contribution in [1.29, 1.82) is 0 Å². The second-order valence-corrected chi connectivity index (χ2v) is 6.67. The van der Waals surface area contributed by atoms with Crippen LogP contribution in [0.3, 0.4) is 0 Å². The summed E-state index contributed by atoms with van der Waals surface area (Å²) in [7, 11) is 0. The highest BCUT2D eigenvalue weighted by molar-refractivity contribution is 6.30. The first-order valence-corrected chi connectivity index (χ1v) is 8.60. The Hall–Kier alpha value is -2.47. The van der Waals surface area contributed by atoms with Crippen LogP contribution in [0.15, 0.2) is 42.5 Å². The SMILES string of the molecule is O=C(NCCc1ccc(Cl)cc1)C1CC1C(=O)Nc1ccc(F)cc1F. The fraction of sp³-hybridized carbons (Fsp3) is 0.263. The lowest BCUT2D eigenvalue weighted by atomic mass is 10.1. The first-order chi connectivity index (χ1) is 12.4. The zero-order valence-electron chi connectivity index (χ0n) is 13.8. The van der Waals surface area contributed by atoms with E-state index in [1.165, 1.54) is 0 Å². The van der Waals surface area contributed by atoms with Gasteiger partial charge in [-0.2, -0.15) is 0 Å². The van der Waals surface area contributed by atoms with Crippen molar-refractivity contribution in [1.82, 2.24) is 5.32 Å². The second kappa shape index (κ2) is 7.83. The Balaban J connectivity index is 1.44. The third kappa shape index (κ3) is 4.58. The van der Waals surface area contributed by atoms with Gasteiger partial charge in [-0.25, -0.2) is 8.78 Å². The third-order valence-electron chi connectivity index (χ3n) is 4.28. The van der Waals surface area contributed by atoms with E-state index >= 15 is 0 Å². The minimum absolute atomic E-state index is 0.0924. The largest absolute Gasteiger partial charge is 0.356 e. The van der Waals surface area contributed by atoms with Gasteiger partial charge < -0.3 is 10.6 Å². The van der Waals surface area contributed by atoms with E-state index in [0.717, 1.165) is 17.7 Å². The number of carbonyl (C=O) groups is 2. The number of nitrogens with one attached hydrogen (secondary N) is 2. The predicted octanol–water partition coefficient (Wildman–Crippen LogP) is 3.55. The van der Waals surface area contributed by atoms with Crippen molar-refractivity contribution in [3.8, 4) is 0 Å². The fourth-order valence-corrected chi connectivity index (χ4v) is 2.83.